The van der Waals surface area contributed by atoms with Crippen LogP contribution in [0.15, 0.2) is 48.5 Å². The quantitative estimate of drug-likeness (QED) is 0.871. The Morgan fingerprint density at radius 2 is 1.91 bits per heavy atom. The van der Waals surface area contributed by atoms with E-state index in [4.69, 9.17) is 11.6 Å². The monoisotopic (exact) mass is 339 g/mol. The summed E-state index contributed by atoms with van der Waals surface area (Å²) < 4.78 is 24.7. The summed E-state index contributed by atoms with van der Waals surface area (Å²) in [7, 11) is -1.14. The lowest BCUT2D eigenvalue weighted by Crippen LogP contribution is -2.15. The maximum atomic E-state index is 12.8. The Bertz CT molecular complexity index is 676. The Balaban J connectivity index is 1.78. The normalized spacial score (nSPS) is 11.9. The van der Waals surface area contributed by atoms with Gasteiger partial charge in [-0.2, -0.15) is 0 Å². The first-order valence-corrected chi connectivity index (χ1v) is 8.54. The predicted octanol–water partition coefficient (Wildman–Crippen LogP) is 3.76. The van der Waals surface area contributed by atoms with Crippen molar-refractivity contribution in [2.75, 3.05) is 11.1 Å². The number of carbonyl (C=O) groups excluding carboxylic acids is 1. The molecule has 6 heteroatoms. The van der Waals surface area contributed by atoms with Crippen LogP contribution in [0.25, 0.3) is 0 Å². The molecular formula is C16H15ClFNO2S. The molecule has 0 radical (unpaired) electrons. The predicted molar refractivity (Wildman–Crippen MR) is 87.8 cm³/mol. The zero-order valence-corrected chi connectivity index (χ0v) is 13.3. The highest BCUT2D eigenvalue weighted by Crippen LogP contribution is 2.13. The second kappa shape index (κ2) is 8.06. The van der Waals surface area contributed by atoms with E-state index < -0.39 is 10.8 Å². The van der Waals surface area contributed by atoms with E-state index in [0.717, 1.165) is 5.56 Å². The van der Waals surface area contributed by atoms with Crippen molar-refractivity contribution in [3.8, 4) is 0 Å². The number of benzene rings is 2. The zero-order chi connectivity index (χ0) is 15.9. The van der Waals surface area contributed by atoms with Crippen LogP contribution in [0.4, 0.5) is 10.1 Å². The molecule has 0 fully saturated rings. The minimum Gasteiger partial charge on any atom is -0.326 e. The molecule has 2 aromatic carbocycles. The molecule has 0 aromatic heterocycles. The summed E-state index contributed by atoms with van der Waals surface area (Å²) in [6.07, 6.45) is 0.143. The number of anilines is 1. The van der Waals surface area contributed by atoms with Crippen LogP contribution >= 0.6 is 11.6 Å². The average molecular weight is 340 g/mol. The van der Waals surface area contributed by atoms with Gasteiger partial charge in [0, 0.05) is 39.4 Å². The summed E-state index contributed by atoms with van der Waals surface area (Å²) in [5, 5.41) is 3.24. The fraction of sp³-hybridized carbons (Fsp3) is 0.188. The van der Waals surface area contributed by atoms with Gasteiger partial charge in [0.25, 0.3) is 0 Å². The second-order valence-corrected chi connectivity index (χ2v) is 6.74. The van der Waals surface area contributed by atoms with Gasteiger partial charge in [0.1, 0.15) is 5.82 Å². The molecule has 0 bridgehead atoms. The molecule has 22 heavy (non-hydrogen) atoms. The lowest BCUT2D eigenvalue weighted by Gasteiger charge is -2.06. The highest BCUT2D eigenvalue weighted by Gasteiger charge is 2.07. The maximum absolute atomic E-state index is 12.8. The van der Waals surface area contributed by atoms with E-state index in [2.05, 4.69) is 5.32 Å². The fourth-order valence-corrected chi connectivity index (χ4v) is 3.17. The minimum absolute atomic E-state index is 0.143. The van der Waals surface area contributed by atoms with Gasteiger partial charge in [-0.25, -0.2) is 4.39 Å². The van der Waals surface area contributed by atoms with E-state index in [1.807, 2.05) is 6.07 Å². The van der Waals surface area contributed by atoms with Crippen LogP contribution in [-0.2, 0) is 21.3 Å². The van der Waals surface area contributed by atoms with Crippen LogP contribution in [0.3, 0.4) is 0 Å². The number of rotatable bonds is 6. The number of carbonyl (C=O) groups is 1. The molecule has 0 unspecified atom stereocenters. The standard InChI is InChI=1S/C16H15ClFNO2S/c17-13-3-1-2-12(10-13)11-22(21)9-8-16(20)19-15-6-4-14(18)5-7-15/h1-7,10H,8-9,11H2,(H,19,20)/t22-/m1/s1. The van der Waals surface area contributed by atoms with Crippen molar-refractivity contribution in [1.29, 1.82) is 0 Å². The highest BCUT2D eigenvalue weighted by molar-refractivity contribution is 7.84. The van der Waals surface area contributed by atoms with Crippen molar-refractivity contribution in [2.24, 2.45) is 0 Å². The molecule has 1 atom stereocenters. The Kier molecular flexibility index (Phi) is 6.10. The van der Waals surface area contributed by atoms with Crippen molar-refractivity contribution >= 4 is 34.0 Å². The molecule has 116 valence electrons. The van der Waals surface area contributed by atoms with Gasteiger partial charge in [-0.15, -0.1) is 0 Å². The Labute approximate surface area is 136 Å². The Hall–Kier alpha value is -1.72. The Morgan fingerprint density at radius 1 is 1.18 bits per heavy atom. The largest absolute Gasteiger partial charge is 0.326 e. The van der Waals surface area contributed by atoms with Crippen LogP contribution in [0.1, 0.15) is 12.0 Å². The van der Waals surface area contributed by atoms with Gasteiger partial charge in [-0.3, -0.25) is 9.00 Å². The summed E-state index contributed by atoms with van der Waals surface area (Å²) in [4.78, 5) is 11.7. The van der Waals surface area contributed by atoms with Crippen molar-refractivity contribution in [1.82, 2.24) is 0 Å². The topological polar surface area (TPSA) is 46.2 Å². The SMILES string of the molecule is O=C(CC[S@@](=O)Cc1cccc(Cl)c1)Nc1ccc(F)cc1. The van der Waals surface area contributed by atoms with E-state index in [0.29, 0.717) is 16.5 Å². The Morgan fingerprint density at radius 3 is 2.59 bits per heavy atom. The van der Waals surface area contributed by atoms with E-state index >= 15 is 0 Å². The molecule has 0 spiro atoms. The van der Waals surface area contributed by atoms with Crippen LogP contribution in [0.5, 0.6) is 0 Å². The van der Waals surface area contributed by atoms with Crippen LogP contribution in [0.2, 0.25) is 5.02 Å². The molecule has 0 aliphatic heterocycles. The van der Waals surface area contributed by atoms with E-state index in [9.17, 15) is 13.4 Å². The molecule has 0 saturated heterocycles. The van der Waals surface area contributed by atoms with Gasteiger partial charge < -0.3 is 5.32 Å². The summed E-state index contributed by atoms with van der Waals surface area (Å²) in [6, 6.07) is 12.7. The minimum atomic E-state index is -1.14. The molecule has 2 rings (SSSR count). The summed E-state index contributed by atoms with van der Waals surface area (Å²) in [5.74, 6) is 0.0240. The second-order valence-electron chi connectivity index (χ2n) is 4.72. The van der Waals surface area contributed by atoms with Gasteiger partial charge in [0.2, 0.25) is 5.91 Å². The molecule has 0 saturated carbocycles. The molecule has 1 amide bonds. The number of nitrogens with one attached hydrogen (secondary N) is 1. The van der Waals surface area contributed by atoms with Gasteiger partial charge in [-0.05, 0) is 42.0 Å². The van der Waals surface area contributed by atoms with Gasteiger partial charge in [0.15, 0.2) is 0 Å². The first-order chi connectivity index (χ1) is 10.5. The lowest BCUT2D eigenvalue weighted by atomic mass is 10.2. The smallest absolute Gasteiger partial charge is 0.225 e. The molecule has 0 aliphatic rings. The van der Waals surface area contributed by atoms with E-state index in [-0.39, 0.29) is 23.9 Å². The van der Waals surface area contributed by atoms with E-state index in [1.165, 1.54) is 24.3 Å². The zero-order valence-electron chi connectivity index (χ0n) is 11.7. The van der Waals surface area contributed by atoms with Gasteiger partial charge in [-0.1, -0.05) is 23.7 Å². The molecule has 3 nitrogen and oxygen atoms in total. The van der Waals surface area contributed by atoms with E-state index in [1.54, 1.807) is 18.2 Å². The number of hydrogen-bond acceptors (Lipinski definition) is 2. The number of hydrogen-bond donors (Lipinski definition) is 1. The molecule has 1 N–H and O–H groups in total. The summed E-state index contributed by atoms with van der Waals surface area (Å²) in [5.41, 5.74) is 1.40. The van der Waals surface area contributed by atoms with Crippen molar-refractivity contribution in [3.05, 3.63) is 64.9 Å². The maximum Gasteiger partial charge on any atom is 0.225 e. The first kappa shape index (κ1) is 16.6. The third-order valence-corrected chi connectivity index (χ3v) is 4.45. The number of halogens is 2. The van der Waals surface area contributed by atoms with Gasteiger partial charge >= 0.3 is 0 Å². The molecule has 0 heterocycles. The third kappa shape index (κ3) is 5.58. The molecular weight excluding hydrogens is 325 g/mol. The van der Waals surface area contributed by atoms with Crippen LogP contribution in [0, 0.1) is 5.82 Å². The third-order valence-electron chi connectivity index (χ3n) is 2.90. The lowest BCUT2D eigenvalue weighted by molar-refractivity contribution is -0.115. The van der Waals surface area contributed by atoms with Crippen molar-refractivity contribution < 1.29 is 13.4 Å². The first-order valence-electron chi connectivity index (χ1n) is 6.68. The van der Waals surface area contributed by atoms with Crippen LogP contribution < -0.4 is 5.32 Å². The highest BCUT2D eigenvalue weighted by atomic mass is 35.5. The van der Waals surface area contributed by atoms with Crippen molar-refractivity contribution in [2.45, 2.75) is 12.2 Å². The number of amides is 1. The molecule has 0 aliphatic carbocycles. The fourth-order valence-electron chi connectivity index (χ4n) is 1.85. The summed E-state index contributed by atoms with van der Waals surface area (Å²) >= 11 is 5.87. The summed E-state index contributed by atoms with van der Waals surface area (Å²) in [6.45, 7) is 0. The van der Waals surface area contributed by atoms with Crippen molar-refractivity contribution in [3.63, 3.8) is 0 Å². The molecule has 2 aromatic rings. The van der Waals surface area contributed by atoms with Crippen LogP contribution in [-0.4, -0.2) is 15.9 Å². The average Bonchev–Trinajstić information content (AvgIpc) is 2.48. The van der Waals surface area contributed by atoms with Gasteiger partial charge in [0.05, 0.1) is 0 Å².